The maximum Gasteiger partial charge on any atom is 0.172 e. The lowest BCUT2D eigenvalue weighted by Gasteiger charge is -2.20. The third-order valence-corrected chi connectivity index (χ3v) is 3.66. The van der Waals surface area contributed by atoms with Gasteiger partial charge in [0.1, 0.15) is 13.2 Å². The van der Waals surface area contributed by atoms with Gasteiger partial charge in [-0.2, -0.15) is 0 Å². The van der Waals surface area contributed by atoms with Crippen LogP contribution >= 0.6 is 11.3 Å². The standard InChI is InChI=1S/C14H12O3S/c15-12(9-10-3-2-8-18-10)11-4-1-5-13-14(11)17-7-6-16-13/h1-5,8H,6-7,9H2. The number of benzene rings is 1. The number of rotatable bonds is 3. The topological polar surface area (TPSA) is 35.5 Å². The fraction of sp³-hybridized carbons (Fsp3) is 0.214. The number of hydrogen-bond acceptors (Lipinski definition) is 4. The third kappa shape index (κ3) is 2.11. The molecule has 1 aliphatic rings. The Bertz CT molecular complexity index is 560. The van der Waals surface area contributed by atoms with Crippen molar-refractivity contribution >= 4 is 17.1 Å². The van der Waals surface area contributed by atoms with E-state index in [1.54, 1.807) is 17.4 Å². The highest BCUT2D eigenvalue weighted by Crippen LogP contribution is 2.34. The third-order valence-electron chi connectivity index (χ3n) is 2.78. The van der Waals surface area contributed by atoms with Crippen molar-refractivity contribution in [3.63, 3.8) is 0 Å². The lowest BCUT2D eigenvalue weighted by atomic mass is 10.1. The highest BCUT2D eigenvalue weighted by atomic mass is 32.1. The molecule has 0 aliphatic carbocycles. The van der Waals surface area contributed by atoms with Gasteiger partial charge in [-0.05, 0) is 23.6 Å². The maximum absolute atomic E-state index is 12.3. The lowest BCUT2D eigenvalue weighted by molar-refractivity contribution is 0.0982. The molecule has 0 amide bonds. The number of para-hydroxylation sites is 1. The van der Waals surface area contributed by atoms with E-state index in [4.69, 9.17) is 9.47 Å². The number of thiophene rings is 1. The van der Waals surface area contributed by atoms with Crippen LogP contribution in [0, 0.1) is 0 Å². The molecule has 4 heteroatoms. The molecule has 0 bridgehead atoms. The van der Waals surface area contributed by atoms with Gasteiger partial charge in [0.2, 0.25) is 0 Å². The largest absolute Gasteiger partial charge is 0.486 e. The summed E-state index contributed by atoms with van der Waals surface area (Å²) in [5.74, 6) is 1.32. The van der Waals surface area contributed by atoms with Crippen molar-refractivity contribution in [3.05, 3.63) is 46.2 Å². The predicted molar refractivity (Wildman–Crippen MR) is 69.8 cm³/mol. The number of hydrogen-bond donors (Lipinski definition) is 0. The zero-order chi connectivity index (χ0) is 12.4. The fourth-order valence-electron chi connectivity index (χ4n) is 1.96. The van der Waals surface area contributed by atoms with E-state index in [9.17, 15) is 4.79 Å². The van der Waals surface area contributed by atoms with Crippen LogP contribution in [0.1, 0.15) is 15.2 Å². The molecule has 0 fully saturated rings. The van der Waals surface area contributed by atoms with E-state index < -0.39 is 0 Å². The first-order chi connectivity index (χ1) is 8.84. The Kier molecular flexibility index (Phi) is 3.02. The highest BCUT2D eigenvalue weighted by Gasteiger charge is 2.20. The average Bonchev–Trinajstić information content (AvgIpc) is 2.91. The van der Waals surface area contributed by atoms with Gasteiger partial charge in [-0.15, -0.1) is 11.3 Å². The number of fused-ring (bicyclic) bond motifs is 1. The molecule has 2 heterocycles. The van der Waals surface area contributed by atoms with Crippen LogP contribution in [0.5, 0.6) is 11.5 Å². The Hall–Kier alpha value is -1.81. The molecule has 3 nitrogen and oxygen atoms in total. The first kappa shape index (κ1) is 11.3. The average molecular weight is 260 g/mol. The Morgan fingerprint density at radius 1 is 1.17 bits per heavy atom. The summed E-state index contributed by atoms with van der Waals surface area (Å²) in [5, 5.41) is 1.97. The SMILES string of the molecule is O=C(Cc1cccs1)c1cccc2c1OCCO2. The minimum atomic E-state index is 0.0693. The summed E-state index contributed by atoms with van der Waals surface area (Å²) in [7, 11) is 0. The van der Waals surface area contributed by atoms with Crippen molar-refractivity contribution in [2.75, 3.05) is 13.2 Å². The van der Waals surface area contributed by atoms with E-state index in [2.05, 4.69) is 0 Å². The highest BCUT2D eigenvalue weighted by molar-refractivity contribution is 7.10. The van der Waals surface area contributed by atoms with Gasteiger partial charge in [0.15, 0.2) is 17.3 Å². The van der Waals surface area contributed by atoms with Crippen molar-refractivity contribution in [3.8, 4) is 11.5 Å². The van der Waals surface area contributed by atoms with Crippen LogP contribution in [0.15, 0.2) is 35.7 Å². The summed E-state index contributed by atoms with van der Waals surface area (Å²) in [6.45, 7) is 1.03. The summed E-state index contributed by atoms with van der Waals surface area (Å²) in [5.41, 5.74) is 0.612. The van der Waals surface area contributed by atoms with Gasteiger partial charge in [0, 0.05) is 11.3 Å². The molecule has 0 radical (unpaired) electrons. The Balaban J connectivity index is 1.89. The zero-order valence-electron chi connectivity index (χ0n) is 9.72. The van der Waals surface area contributed by atoms with Crippen LogP contribution < -0.4 is 9.47 Å². The van der Waals surface area contributed by atoms with Crippen LogP contribution in [-0.2, 0) is 6.42 Å². The van der Waals surface area contributed by atoms with Crippen LogP contribution in [0.2, 0.25) is 0 Å². The number of ketones is 1. The van der Waals surface area contributed by atoms with Crippen molar-refractivity contribution in [1.82, 2.24) is 0 Å². The number of Topliss-reactive ketones (excluding diaryl/α,β-unsaturated/α-hetero) is 1. The quantitative estimate of drug-likeness (QED) is 0.796. The minimum absolute atomic E-state index is 0.0693. The first-order valence-electron chi connectivity index (χ1n) is 5.79. The van der Waals surface area contributed by atoms with Crippen LogP contribution in [0.3, 0.4) is 0 Å². The molecule has 92 valence electrons. The van der Waals surface area contributed by atoms with Gasteiger partial charge >= 0.3 is 0 Å². The normalized spacial score (nSPS) is 13.3. The fourth-order valence-corrected chi connectivity index (χ4v) is 2.66. The second kappa shape index (κ2) is 4.82. The number of ether oxygens (including phenoxy) is 2. The smallest absolute Gasteiger partial charge is 0.172 e. The second-order valence-corrected chi connectivity index (χ2v) is 5.04. The summed E-state index contributed by atoms with van der Waals surface area (Å²) >= 11 is 1.59. The minimum Gasteiger partial charge on any atom is -0.486 e. The van der Waals surface area contributed by atoms with Crippen molar-refractivity contribution in [1.29, 1.82) is 0 Å². The molecule has 0 N–H and O–H groups in total. The van der Waals surface area contributed by atoms with Crippen LogP contribution in [-0.4, -0.2) is 19.0 Å². The van der Waals surface area contributed by atoms with Crippen molar-refractivity contribution in [2.45, 2.75) is 6.42 Å². The molecular weight excluding hydrogens is 248 g/mol. The van der Waals surface area contributed by atoms with E-state index in [1.807, 2.05) is 29.6 Å². The molecule has 2 aromatic rings. The van der Waals surface area contributed by atoms with Crippen LogP contribution in [0.4, 0.5) is 0 Å². The summed E-state index contributed by atoms with van der Waals surface area (Å²) in [4.78, 5) is 13.3. The van der Waals surface area contributed by atoms with Gasteiger partial charge < -0.3 is 9.47 Å². The molecular formula is C14H12O3S. The van der Waals surface area contributed by atoms with Crippen LogP contribution in [0.25, 0.3) is 0 Å². The van der Waals surface area contributed by atoms with Gasteiger partial charge in [0.05, 0.1) is 5.56 Å². The number of carbonyl (C=O) groups is 1. The Labute approximate surface area is 109 Å². The van der Waals surface area contributed by atoms with Gasteiger partial charge in [-0.25, -0.2) is 0 Å². The predicted octanol–water partition coefficient (Wildman–Crippen LogP) is 2.94. The van der Waals surface area contributed by atoms with Gasteiger partial charge in [-0.3, -0.25) is 4.79 Å². The molecule has 18 heavy (non-hydrogen) atoms. The maximum atomic E-state index is 12.3. The molecule has 0 atom stereocenters. The molecule has 1 aromatic carbocycles. The molecule has 0 saturated heterocycles. The van der Waals surface area contributed by atoms with E-state index in [0.717, 1.165) is 4.88 Å². The molecule has 0 saturated carbocycles. The molecule has 1 aromatic heterocycles. The molecule has 1 aliphatic heterocycles. The van der Waals surface area contributed by atoms with E-state index >= 15 is 0 Å². The molecule has 3 rings (SSSR count). The monoisotopic (exact) mass is 260 g/mol. The second-order valence-electron chi connectivity index (χ2n) is 4.01. The first-order valence-corrected chi connectivity index (χ1v) is 6.67. The molecule has 0 spiro atoms. The van der Waals surface area contributed by atoms with E-state index in [-0.39, 0.29) is 5.78 Å². The number of carbonyl (C=O) groups excluding carboxylic acids is 1. The summed E-state index contributed by atoms with van der Waals surface area (Å²) in [6, 6.07) is 9.37. The molecule has 0 unspecified atom stereocenters. The Morgan fingerprint density at radius 3 is 2.89 bits per heavy atom. The van der Waals surface area contributed by atoms with Gasteiger partial charge in [-0.1, -0.05) is 12.1 Å². The van der Waals surface area contributed by atoms with Gasteiger partial charge in [0.25, 0.3) is 0 Å². The Morgan fingerprint density at radius 2 is 2.06 bits per heavy atom. The summed E-state index contributed by atoms with van der Waals surface area (Å²) < 4.78 is 11.0. The van der Waals surface area contributed by atoms with E-state index in [1.165, 1.54) is 0 Å². The van der Waals surface area contributed by atoms with E-state index in [0.29, 0.717) is 36.7 Å². The van der Waals surface area contributed by atoms with Crippen molar-refractivity contribution in [2.24, 2.45) is 0 Å². The lowest BCUT2D eigenvalue weighted by Crippen LogP contribution is -2.18. The van der Waals surface area contributed by atoms with Crippen molar-refractivity contribution < 1.29 is 14.3 Å². The summed E-state index contributed by atoms with van der Waals surface area (Å²) in [6.07, 6.45) is 0.414. The zero-order valence-corrected chi connectivity index (χ0v) is 10.5.